The Hall–Kier alpha value is -0.530. The van der Waals surface area contributed by atoms with Crippen molar-refractivity contribution in [3.8, 4) is 0 Å². The van der Waals surface area contributed by atoms with Crippen molar-refractivity contribution in [3.05, 3.63) is 34.9 Å². The Morgan fingerprint density at radius 2 is 2.15 bits per heavy atom. The van der Waals surface area contributed by atoms with E-state index >= 15 is 0 Å². The van der Waals surface area contributed by atoms with Crippen LogP contribution in [0.2, 0.25) is 5.02 Å². The molecule has 2 rings (SSSR count). The monoisotopic (exact) mass is 195 g/mol. The lowest BCUT2D eigenvalue weighted by Crippen LogP contribution is -2.17. The van der Waals surface area contributed by atoms with Gasteiger partial charge in [0.25, 0.3) is 0 Å². The van der Waals surface area contributed by atoms with Crippen LogP contribution in [0, 0.1) is 5.92 Å². The minimum absolute atomic E-state index is 0.293. The molecule has 0 saturated heterocycles. The standard InChI is InChI=1S/C11H14ClN/c1-7(13)9-6-10(9)8-4-2-3-5-11(8)12/h2-5,7,9-10H,6,13H2,1H3/t7-,9+,10-/m1/s1. The first-order valence-electron chi connectivity index (χ1n) is 4.70. The van der Waals surface area contributed by atoms with E-state index in [0.717, 1.165) is 5.02 Å². The molecule has 0 amide bonds. The second-order valence-corrected chi connectivity index (χ2v) is 4.29. The quantitative estimate of drug-likeness (QED) is 0.772. The third kappa shape index (κ3) is 1.72. The summed E-state index contributed by atoms with van der Waals surface area (Å²) in [7, 11) is 0. The Bertz CT molecular complexity index is 309. The summed E-state index contributed by atoms with van der Waals surface area (Å²) in [6.07, 6.45) is 1.20. The molecule has 0 radical (unpaired) electrons. The van der Waals surface area contributed by atoms with Gasteiger partial charge in [0.1, 0.15) is 0 Å². The molecule has 0 aromatic heterocycles. The van der Waals surface area contributed by atoms with Crippen LogP contribution >= 0.6 is 11.6 Å². The van der Waals surface area contributed by atoms with Crippen molar-refractivity contribution in [1.82, 2.24) is 0 Å². The Morgan fingerprint density at radius 3 is 2.69 bits per heavy atom. The molecule has 1 fully saturated rings. The van der Waals surface area contributed by atoms with Gasteiger partial charge in [0.05, 0.1) is 0 Å². The summed E-state index contributed by atoms with van der Waals surface area (Å²) in [4.78, 5) is 0. The van der Waals surface area contributed by atoms with E-state index in [1.54, 1.807) is 0 Å². The molecule has 2 N–H and O–H groups in total. The van der Waals surface area contributed by atoms with Crippen LogP contribution in [-0.2, 0) is 0 Å². The van der Waals surface area contributed by atoms with E-state index in [2.05, 4.69) is 13.0 Å². The molecule has 0 bridgehead atoms. The SMILES string of the molecule is C[C@@H](N)[C@@H]1C[C@@H]1c1ccccc1Cl. The lowest BCUT2D eigenvalue weighted by atomic mass is 10.1. The number of nitrogens with two attached hydrogens (primary N) is 1. The van der Waals surface area contributed by atoms with Gasteiger partial charge in [0.2, 0.25) is 0 Å². The number of hydrogen-bond acceptors (Lipinski definition) is 1. The van der Waals surface area contributed by atoms with Crippen LogP contribution in [-0.4, -0.2) is 6.04 Å². The first-order valence-corrected chi connectivity index (χ1v) is 5.08. The van der Waals surface area contributed by atoms with Gasteiger partial charge in [0.15, 0.2) is 0 Å². The van der Waals surface area contributed by atoms with Crippen LogP contribution in [0.4, 0.5) is 0 Å². The highest BCUT2D eigenvalue weighted by Crippen LogP contribution is 2.50. The molecule has 0 heterocycles. The normalized spacial score (nSPS) is 28.5. The van der Waals surface area contributed by atoms with Crippen molar-refractivity contribution in [2.75, 3.05) is 0 Å². The molecule has 1 nitrogen and oxygen atoms in total. The highest BCUT2D eigenvalue weighted by atomic mass is 35.5. The van der Waals surface area contributed by atoms with Gasteiger partial charge in [-0.2, -0.15) is 0 Å². The van der Waals surface area contributed by atoms with Gasteiger partial charge in [-0.3, -0.25) is 0 Å². The van der Waals surface area contributed by atoms with Crippen LogP contribution in [0.25, 0.3) is 0 Å². The van der Waals surface area contributed by atoms with Gasteiger partial charge >= 0.3 is 0 Å². The molecule has 1 aliphatic rings. The molecule has 1 aliphatic carbocycles. The smallest absolute Gasteiger partial charge is 0.0440 e. The lowest BCUT2D eigenvalue weighted by molar-refractivity contribution is 0.632. The zero-order chi connectivity index (χ0) is 9.42. The van der Waals surface area contributed by atoms with E-state index in [1.807, 2.05) is 18.2 Å². The summed E-state index contributed by atoms with van der Waals surface area (Å²) in [6.45, 7) is 2.07. The van der Waals surface area contributed by atoms with Crippen LogP contribution in [0.15, 0.2) is 24.3 Å². The molecule has 0 aliphatic heterocycles. The molecule has 1 saturated carbocycles. The highest BCUT2D eigenvalue weighted by Gasteiger charge is 2.41. The Morgan fingerprint density at radius 1 is 1.46 bits per heavy atom. The van der Waals surface area contributed by atoms with E-state index in [9.17, 15) is 0 Å². The van der Waals surface area contributed by atoms with Crippen molar-refractivity contribution in [3.63, 3.8) is 0 Å². The maximum absolute atomic E-state index is 6.09. The fourth-order valence-electron chi connectivity index (χ4n) is 1.93. The Kier molecular flexibility index (Phi) is 2.31. The predicted molar refractivity (Wildman–Crippen MR) is 55.9 cm³/mol. The average molecular weight is 196 g/mol. The van der Waals surface area contributed by atoms with Gasteiger partial charge in [-0.25, -0.2) is 0 Å². The largest absolute Gasteiger partial charge is 0.328 e. The third-order valence-corrected chi connectivity index (χ3v) is 3.16. The fourth-order valence-corrected chi connectivity index (χ4v) is 2.21. The van der Waals surface area contributed by atoms with E-state index in [4.69, 9.17) is 17.3 Å². The van der Waals surface area contributed by atoms with Gasteiger partial charge in [0, 0.05) is 11.1 Å². The minimum atomic E-state index is 0.293. The molecule has 1 aromatic rings. The Balaban J connectivity index is 2.16. The van der Waals surface area contributed by atoms with Crippen molar-refractivity contribution in [1.29, 1.82) is 0 Å². The molecule has 2 heteroatoms. The fraction of sp³-hybridized carbons (Fsp3) is 0.455. The second kappa shape index (κ2) is 3.32. The number of rotatable bonds is 2. The number of halogens is 1. The van der Waals surface area contributed by atoms with Crippen molar-refractivity contribution < 1.29 is 0 Å². The Labute approximate surface area is 83.9 Å². The van der Waals surface area contributed by atoms with Gasteiger partial charge in [-0.1, -0.05) is 29.8 Å². The summed E-state index contributed by atoms with van der Waals surface area (Å²) in [5.74, 6) is 1.24. The summed E-state index contributed by atoms with van der Waals surface area (Å²) in [5, 5.41) is 0.885. The molecule has 0 unspecified atom stereocenters. The molecule has 70 valence electrons. The van der Waals surface area contributed by atoms with Crippen LogP contribution in [0.1, 0.15) is 24.8 Å². The average Bonchev–Trinajstić information content (AvgIpc) is 2.84. The number of hydrogen-bond donors (Lipinski definition) is 1. The summed E-state index contributed by atoms with van der Waals surface area (Å²) < 4.78 is 0. The van der Waals surface area contributed by atoms with Gasteiger partial charge in [-0.15, -0.1) is 0 Å². The maximum Gasteiger partial charge on any atom is 0.0440 e. The molecule has 0 spiro atoms. The predicted octanol–water partition coefficient (Wildman–Crippen LogP) is 2.79. The highest BCUT2D eigenvalue weighted by molar-refractivity contribution is 6.31. The zero-order valence-electron chi connectivity index (χ0n) is 7.70. The van der Waals surface area contributed by atoms with Crippen LogP contribution in [0.3, 0.4) is 0 Å². The van der Waals surface area contributed by atoms with Gasteiger partial charge in [-0.05, 0) is 36.8 Å². The van der Waals surface area contributed by atoms with Crippen LogP contribution < -0.4 is 5.73 Å². The van der Waals surface area contributed by atoms with Crippen molar-refractivity contribution >= 4 is 11.6 Å². The number of benzene rings is 1. The van der Waals surface area contributed by atoms with Crippen molar-refractivity contribution in [2.24, 2.45) is 11.7 Å². The molecule has 13 heavy (non-hydrogen) atoms. The third-order valence-electron chi connectivity index (χ3n) is 2.82. The zero-order valence-corrected chi connectivity index (χ0v) is 8.46. The van der Waals surface area contributed by atoms with E-state index in [1.165, 1.54) is 12.0 Å². The summed E-state index contributed by atoms with van der Waals surface area (Å²) >= 11 is 6.09. The lowest BCUT2D eigenvalue weighted by Gasteiger charge is -2.05. The van der Waals surface area contributed by atoms with Gasteiger partial charge < -0.3 is 5.73 Å². The molecular formula is C11H14ClN. The van der Waals surface area contributed by atoms with E-state index in [0.29, 0.717) is 17.9 Å². The molecule has 3 atom stereocenters. The maximum atomic E-state index is 6.09. The first kappa shape index (κ1) is 9.04. The minimum Gasteiger partial charge on any atom is -0.328 e. The summed E-state index contributed by atoms with van der Waals surface area (Å²) in [5.41, 5.74) is 7.10. The van der Waals surface area contributed by atoms with Crippen molar-refractivity contribution in [2.45, 2.75) is 25.3 Å². The molecular weight excluding hydrogens is 182 g/mol. The topological polar surface area (TPSA) is 26.0 Å². The second-order valence-electron chi connectivity index (χ2n) is 3.89. The van der Waals surface area contributed by atoms with E-state index in [-0.39, 0.29) is 0 Å². The summed E-state index contributed by atoms with van der Waals surface area (Å²) in [6, 6.07) is 8.36. The first-order chi connectivity index (χ1) is 6.20. The molecule has 1 aromatic carbocycles. The van der Waals surface area contributed by atoms with Crippen LogP contribution in [0.5, 0.6) is 0 Å². The van der Waals surface area contributed by atoms with E-state index < -0.39 is 0 Å².